The van der Waals surface area contributed by atoms with Crippen LogP contribution in [0.5, 0.6) is 0 Å². The van der Waals surface area contributed by atoms with E-state index in [0.717, 1.165) is 38.7 Å². The summed E-state index contributed by atoms with van der Waals surface area (Å²) in [4.78, 5) is 21.0. The van der Waals surface area contributed by atoms with E-state index >= 15 is 0 Å². The third-order valence-corrected chi connectivity index (χ3v) is 4.11. The van der Waals surface area contributed by atoms with E-state index in [1.807, 2.05) is 4.90 Å². The topological polar surface area (TPSA) is 47.9 Å². The molecule has 1 aromatic heterocycles. The number of aliphatic imine (C=N–C) groups is 1. The minimum atomic E-state index is 0. The fraction of sp³-hybridized carbons (Fsp3) is 0.538. The number of piperazine rings is 1. The molecule has 1 aliphatic rings. The quantitative estimate of drug-likeness (QED) is 0.460. The van der Waals surface area contributed by atoms with Gasteiger partial charge in [-0.3, -0.25) is 9.79 Å². The van der Waals surface area contributed by atoms with Gasteiger partial charge in [0.15, 0.2) is 5.96 Å². The fourth-order valence-electron chi connectivity index (χ4n) is 2.14. The van der Waals surface area contributed by atoms with Crippen LogP contribution in [0, 0.1) is 0 Å². The van der Waals surface area contributed by atoms with Crippen molar-refractivity contribution in [3.63, 3.8) is 0 Å². The summed E-state index contributed by atoms with van der Waals surface area (Å²) in [6.45, 7) is 5.65. The molecule has 1 aromatic rings. The van der Waals surface area contributed by atoms with Crippen LogP contribution in [0.2, 0.25) is 0 Å². The van der Waals surface area contributed by atoms with E-state index in [9.17, 15) is 4.79 Å². The van der Waals surface area contributed by atoms with Crippen molar-refractivity contribution < 1.29 is 4.79 Å². The Morgan fingerprint density at radius 2 is 2.00 bits per heavy atom. The van der Waals surface area contributed by atoms with Crippen LogP contribution in [-0.2, 0) is 11.3 Å². The van der Waals surface area contributed by atoms with Gasteiger partial charge in [0.25, 0.3) is 0 Å². The van der Waals surface area contributed by atoms with Crippen LogP contribution < -0.4 is 5.32 Å². The Morgan fingerprint density at radius 3 is 2.50 bits per heavy atom. The lowest BCUT2D eigenvalue weighted by molar-refractivity contribution is -0.130. The van der Waals surface area contributed by atoms with E-state index in [0.29, 0.717) is 0 Å². The first kappa shape index (κ1) is 17.2. The zero-order valence-electron chi connectivity index (χ0n) is 11.8. The van der Waals surface area contributed by atoms with Crippen molar-refractivity contribution in [1.82, 2.24) is 15.1 Å². The first-order chi connectivity index (χ1) is 9.20. The summed E-state index contributed by atoms with van der Waals surface area (Å²) in [6, 6.07) is 4.16. The van der Waals surface area contributed by atoms with Crippen LogP contribution in [0.1, 0.15) is 11.8 Å². The van der Waals surface area contributed by atoms with E-state index in [4.69, 9.17) is 0 Å². The van der Waals surface area contributed by atoms with Crippen molar-refractivity contribution in [2.75, 3.05) is 33.2 Å². The number of guanidine groups is 1. The van der Waals surface area contributed by atoms with Crippen molar-refractivity contribution in [1.29, 1.82) is 0 Å². The SMILES string of the molecule is CN=C(NCc1cccs1)N1CCN(C(C)=O)CC1.I. The summed E-state index contributed by atoms with van der Waals surface area (Å²) < 4.78 is 0. The van der Waals surface area contributed by atoms with Gasteiger partial charge in [-0.05, 0) is 11.4 Å². The van der Waals surface area contributed by atoms with Crippen LogP contribution >= 0.6 is 35.3 Å². The van der Waals surface area contributed by atoms with Crippen molar-refractivity contribution in [2.45, 2.75) is 13.5 Å². The summed E-state index contributed by atoms with van der Waals surface area (Å²) in [7, 11) is 1.80. The van der Waals surface area contributed by atoms with Gasteiger partial charge in [-0.15, -0.1) is 35.3 Å². The van der Waals surface area contributed by atoms with Gasteiger partial charge in [0.05, 0.1) is 6.54 Å². The number of amides is 1. The molecule has 112 valence electrons. The van der Waals surface area contributed by atoms with E-state index in [1.54, 1.807) is 25.3 Å². The molecule has 1 aliphatic heterocycles. The molecule has 1 fully saturated rings. The molecule has 2 heterocycles. The van der Waals surface area contributed by atoms with Crippen LogP contribution in [0.4, 0.5) is 0 Å². The number of nitrogens with one attached hydrogen (secondary N) is 1. The predicted molar refractivity (Wildman–Crippen MR) is 93.8 cm³/mol. The molecule has 7 heteroatoms. The number of carbonyl (C=O) groups excluding carboxylic acids is 1. The van der Waals surface area contributed by atoms with Crippen LogP contribution in [0.25, 0.3) is 0 Å². The normalized spacial score (nSPS) is 15.8. The largest absolute Gasteiger partial charge is 0.351 e. The van der Waals surface area contributed by atoms with E-state index < -0.39 is 0 Å². The lowest BCUT2D eigenvalue weighted by Crippen LogP contribution is -2.53. The minimum Gasteiger partial charge on any atom is -0.351 e. The monoisotopic (exact) mass is 408 g/mol. The molecule has 0 radical (unpaired) electrons. The second-order valence-corrected chi connectivity index (χ2v) is 5.51. The molecule has 1 saturated heterocycles. The Labute approximate surface area is 141 Å². The molecule has 5 nitrogen and oxygen atoms in total. The Hall–Kier alpha value is -0.830. The first-order valence-electron chi connectivity index (χ1n) is 6.44. The minimum absolute atomic E-state index is 0. The molecule has 0 atom stereocenters. The smallest absolute Gasteiger partial charge is 0.219 e. The number of carbonyl (C=O) groups is 1. The number of hydrogen-bond donors (Lipinski definition) is 1. The van der Waals surface area contributed by atoms with Crippen molar-refractivity contribution >= 4 is 47.2 Å². The molecule has 0 unspecified atom stereocenters. The Kier molecular flexibility index (Phi) is 7.28. The zero-order valence-corrected chi connectivity index (χ0v) is 15.0. The maximum Gasteiger partial charge on any atom is 0.219 e. The highest BCUT2D eigenvalue weighted by Crippen LogP contribution is 2.08. The van der Waals surface area contributed by atoms with Gasteiger partial charge in [0, 0.05) is 45.0 Å². The maximum atomic E-state index is 11.3. The highest BCUT2D eigenvalue weighted by Gasteiger charge is 2.20. The molecule has 2 rings (SSSR count). The van der Waals surface area contributed by atoms with Crippen molar-refractivity contribution in [2.24, 2.45) is 4.99 Å². The summed E-state index contributed by atoms with van der Waals surface area (Å²) >= 11 is 1.74. The molecular formula is C13H21IN4OS. The maximum absolute atomic E-state index is 11.3. The summed E-state index contributed by atoms with van der Waals surface area (Å²) in [5.41, 5.74) is 0. The Bertz CT molecular complexity index is 441. The van der Waals surface area contributed by atoms with Crippen molar-refractivity contribution in [3.05, 3.63) is 22.4 Å². The number of rotatable bonds is 2. The second-order valence-electron chi connectivity index (χ2n) is 4.47. The van der Waals surface area contributed by atoms with Gasteiger partial charge in [-0.2, -0.15) is 0 Å². The Morgan fingerprint density at radius 1 is 1.35 bits per heavy atom. The molecule has 1 amide bonds. The summed E-state index contributed by atoms with van der Waals surface area (Å²) in [6.07, 6.45) is 0. The van der Waals surface area contributed by atoms with Crippen molar-refractivity contribution in [3.8, 4) is 0 Å². The van der Waals surface area contributed by atoms with Gasteiger partial charge >= 0.3 is 0 Å². The highest BCUT2D eigenvalue weighted by atomic mass is 127. The molecule has 20 heavy (non-hydrogen) atoms. The number of nitrogens with zero attached hydrogens (tertiary/aromatic N) is 3. The van der Waals surface area contributed by atoms with Crippen LogP contribution in [-0.4, -0.2) is 54.9 Å². The third kappa shape index (κ3) is 4.62. The van der Waals surface area contributed by atoms with E-state index in [1.165, 1.54) is 4.88 Å². The first-order valence-corrected chi connectivity index (χ1v) is 7.32. The molecule has 1 N–H and O–H groups in total. The second kappa shape index (κ2) is 8.46. The molecule has 0 aromatic carbocycles. The van der Waals surface area contributed by atoms with Gasteiger partial charge in [0.1, 0.15) is 0 Å². The standard InChI is InChI=1S/C13H20N4OS.HI/c1-11(18)16-5-7-17(8-6-16)13(14-2)15-10-12-4-3-9-19-12;/h3-4,9H,5-8,10H2,1-2H3,(H,14,15);1H. The fourth-order valence-corrected chi connectivity index (χ4v) is 2.79. The van der Waals surface area contributed by atoms with Crippen LogP contribution in [0.15, 0.2) is 22.5 Å². The van der Waals surface area contributed by atoms with Gasteiger partial charge in [0.2, 0.25) is 5.91 Å². The summed E-state index contributed by atoms with van der Waals surface area (Å²) in [5.74, 6) is 1.07. The average molecular weight is 408 g/mol. The molecule has 0 bridgehead atoms. The van der Waals surface area contributed by atoms with Crippen LogP contribution in [0.3, 0.4) is 0 Å². The van der Waals surface area contributed by atoms with Gasteiger partial charge in [-0.1, -0.05) is 6.07 Å². The lowest BCUT2D eigenvalue weighted by atomic mass is 10.3. The molecule has 0 saturated carbocycles. The molecule has 0 spiro atoms. The zero-order chi connectivity index (χ0) is 13.7. The number of hydrogen-bond acceptors (Lipinski definition) is 3. The third-order valence-electron chi connectivity index (χ3n) is 3.24. The van der Waals surface area contributed by atoms with E-state index in [-0.39, 0.29) is 29.9 Å². The van der Waals surface area contributed by atoms with E-state index in [2.05, 4.69) is 32.7 Å². The van der Waals surface area contributed by atoms with Gasteiger partial charge < -0.3 is 15.1 Å². The predicted octanol–water partition coefficient (Wildman–Crippen LogP) is 1.61. The molecular weight excluding hydrogens is 387 g/mol. The molecule has 0 aliphatic carbocycles. The van der Waals surface area contributed by atoms with Gasteiger partial charge in [-0.25, -0.2) is 0 Å². The highest BCUT2D eigenvalue weighted by molar-refractivity contribution is 14.0. The number of thiophene rings is 1. The Balaban J connectivity index is 0.00000200. The lowest BCUT2D eigenvalue weighted by Gasteiger charge is -2.36. The average Bonchev–Trinajstić information content (AvgIpc) is 2.93. The summed E-state index contributed by atoms with van der Waals surface area (Å²) in [5, 5.41) is 5.44. The number of halogens is 1.